The second-order valence-corrected chi connectivity index (χ2v) is 6.95. The highest BCUT2D eigenvalue weighted by molar-refractivity contribution is 9.10. The van der Waals surface area contributed by atoms with E-state index in [1.165, 1.54) is 6.07 Å². The predicted molar refractivity (Wildman–Crippen MR) is 94.3 cm³/mol. The Labute approximate surface area is 149 Å². The largest absolute Gasteiger partial charge is 0.481 e. The number of hydrogen-bond donors (Lipinski definition) is 1. The molecular weight excluding hydrogens is 373 g/mol. The Balaban J connectivity index is 1.97. The number of benzene rings is 2. The smallest absolute Gasteiger partial charge is 0.306 e. The molecule has 1 aliphatic heterocycles. The van der Waals surface area contributed by atoms with E-state index in [0.29, 0.717) is 31.5 Å². The van der Waals surface area contributed by atoms with Crippen LogP contribution in [0.15, 0.2) is 53.0 Å². The van der Waals surface area contributed by atoms with Crippen molar-refractivity contribution in [3.8, 4) is 0 Å². The van der Waals surface area contributed by atoms with Crippen molar-refractivity contribution in [1.82, 2.24) is 4.90 Å². The van der Waals surface area contributed by atoms with Crippen LogP contribution < -0.4 is 0 Å². The Morgan fingerprint density at radius 1 is 1.08 bits per heavy atom. The monoisotopic (exact) mass is 391 g/mol. The number of halogens is 2. The second-order valence-electron chi connectivity index (χ2n) is 6.09. The topological polar surface area (TPSA) is 40.5 Å². The third-order valence-corrected chi connectivity index (χ3v) is 5.37. The zero-order chi connectivity index (χ0) is 17.1. The van der Waals surface area contributed by atoms with Crippen LogP contribution in [-0.4, -0.2) is 29.1 Å². The summed E-state index contributed by atoms with van der Waals surface area (Å²) in [5.74, 6) is -1.28. The van der Waals surface area contributed by atoms with Gasteiger partial charge in [-0.15, -0.1) is 0 Å². The summed E-state index contributed by atoms with van der Waals surface area (Å²) in [7, 11) is 0. The molecule has 0 saturated carbocycles. The molecule has 1 N–H and O–H groups in total. The van der Waals surface area contributed by atoms with Gasteiger partial charge in [0.1, 0.15) is 5.82 Å². The summed E-state index contributed by atoms with van der Waals surface area (Å²) in [6, 6.07) is 14.4. The van der Waals surface area contributed by atoms with Gasteiger partial charge >= 0.3 is 5.97 Å². The normalized spacial score (nSPS) is 17.6. The van der Waals surface area contributed by atoms with Gasteiger partial charge in [-0.05, 0) is 43.6 Å². The molecule has 2 aromatic carbocycles. The Hall–Kier alpha value is -1.72. The van der Waals surface area contributed by atoms with E-state index < -0.39 is 5.97 Å². The second kappa shape index (κ2) is 7.45. The average molecular weight is 392 g/mol. The molecule has 3 nitrogen and oxygen atoms in total. The Kier molecular flexibility index (Phi) is 5.31. The number of hydrogen-bond acceptors (Lipinski definition) is 2. The van der Waals surface area contributed by atoms with Gasteiger partial charge in [0, 0.05) is 10.0 Å². The number of nitrogens with zero attached hydrogens (tertiary/aromatic N) is 1. The standard InChI is InChI=1S/C19H19BrFNO2/c20-16-7-3-1-5-14(16)18(15-6-2-4-8-17(15)21)22-11-9-13(10-12-22)19(23)24/h1-8,13,18H,9-12H2,(H,23,24). The molecule has 126 valence electrons. The summed E-state index contributed by atoms with van der Waals surface area (Å²) in [6.07, 6.45) is 1.18. The first-order valence-corrected chi connectivity index (χ1v) is 8.83. The summed E-state index contributed by atoms with van der Waals surface area (Å²) in [4.78, 5) is 13.4. The molecule has 0 aromatic heterocycles. The van der Waals surface area contributed by atoms with E-state index in [2.05, 4.69) is 20.8 Å². The van der Waals surface area contributed by atoms with Gasteiger partial charge in [-0.2, -0.15) is 0 Å². The van der Waals surface area contributed by atoms with Crippen LogP contribution in [0.1, 0.15) is 30.0 Å². The Bertz CT molecular complexity index is 683. The molecule has 0 aliphatic carbocycles. The first-order chi connectivity index (χ1) is 11.6. The van der Waals surface area contributed by atoms with E-state index in [0.717, 1.165) is 10.0 Å². The van der Waals surface area contributed by atoms with E-state index in [1.807, 2.05) is 36.4 Å². The zero-order valence-corrected chi connectivity index (χ0v) is 14.7. The lowest BCUT2D eigenvalue weighted by atomic mass is 9.91. The number of likely N-dealkylation sites (tertiary alicyclic amines) is 1. The molecule has 1 heterocycles. The number of aliphatic carboxylic acids is 1. The van der Waals surface area contributed by atoms with Crippen LogP contribution in [0.5, 0.6) is 0 Å². The summed E-state index contributed by atoms with van der Waals surface area (Å²) in [6.45, 7) is 1.27. The van der Waals surface area contributed by atoms with Gasteiger partial charge in [-0.1, -0.05) is 52.3 Å². The molecule has 3 rings (SSSR count). The maximum atomic E-state index is 14.5. The van der Waals surface area contributed by atoms with E-state index in [-0.39, 0.29) is 17.8 Å². The van der Waals surface area contributed by atoms with Crippen molar-refractivity contribution in [2.75, 3.05) is 13.1 Å². The third kappa shape index (κ3) is 3.52. The summed E-state index contributed by atoms with van der Waals surface area (Å²) >= 11 is 3.58. The van der Waals surface area contributed by atoms with E-state index in [9.17, 15) is 14.3 Å². The van der Waals surface area contributed by atoms with Crippen LogP contribution in [0.4, 0.5) is 4.39 Å². The predicted octanol–water partition coefficient (Wildman–Crippen LogP) is 4.47. The highest BCUT2D eigenvalue weighted by Crippen LogP contribution is 2.36. The maximum absolute atomic E-state index is 14.5. The average Bonchev–Trinajstić information content (AvgIpc) is 2.59. The van der Waals surface area contributed by atoms with Gasteiger partial charge < -0.3 is 5.11 Å². The number of piperidine rings is 1. The molecule has 1 unspecified atom stereocenters. The molecule has 0 spiro atoms. The fraction of sp³-hybridized carbons (Fsp3) is 0.316. The third-order valence-electron chi connectivity index (χ3n) is 4.64. The van der Waals surface area contributed by atoms with E-state index >= 15 is 0 Å². The zero-order valence-electron chi connectivity index (χ0n) is 13.2. The van der Waals surface area contributed by atoms with Gasteiger partial charge in [-0.3, -0.25) is 9.69 Å². The molecular formula is C19H19BrFNO2. The number of carbonyl (C=O) groups is 1. The van der Waals surface area contributed by atoms with Gasteiger partial charge in [-0.25, -0.2) is 4.39 Å². The van der Waals surface area contributed by atoms with Crippen molar-refractivity contribution in [1.29, 1.82) is 0 Å². The molecule has 5 heteroatoms. The van der Waals surface area contributed by atoms with Crippen LogP contribution >= 0.6 is 15.9 Å². The van der Waals surface area contributed by atoms with Gasteiger partial charge in [0.2, 0.25) is 0 Å². The summed E-state index contributed by atoms with van der Waals surface area (Å²) in [5.41, 5.74) is 1.62. The number of rotatable bonds is 4. The lowest BCUT2D eigenvalue weighted by molar-refractivity contribution is -0.143. The van der Waals surface area contributed by atoms with Crippen molar-refractivity contribution in [3.05, 3.63) is 69.9 Å². The van der Waals surface area contributed by atoms with Crippen molar-refractivity contribution >= 4 is 21.9 Å². The minimum atomic E-state index is -0.738. The molecule has 24 heavy (non-hydrogen) atoms. The Morgan fingerprint density at radius 2 is 1.67 bits per heavy atom. The van der Waals surface area contributed by atoms with Crippen LogP contribution in [0.25, 0.3) is 0 Å². The van der Waals surface area contributed by atoms with Crippen LogP contribution in [0.3, 0.4) is 0 Å². The van der Waals surface area contributed by atoms with Crippen molar-refractivity contribution < 1.29 is 14.3 Å². The molecule has 2 aromatic rings. The first kappa shape index (κ1) is 17.1. The molecule has 0 bridgehead atoms. The molecule has 1 saturated heterocycles. The minimum Gasteiger partial charge on any atom is -0.481 e. The van der Waals surface area contributed by atoms with Gasteiger partial charge in [0.05, 0.1) is 12.0 Å². The van der Waals surface area contributed by atoms with Crippen LogP contribution in [0.2, 0.25) is 0 Å². The quantitative estimate of drug-likeness (QED) is 0.835. The molecule has 1 fully saturated rings. The van der Waals surface area contributed by atoms with Crippen LogP contribution in [-0.2, 0) is 4.79 Å². The minimum absolute atomic E-state index is 0.225. The maximum Gasteiger partial charge on any atom is 0.306 e. The molecule has 0 radical (unpaired) electrons. The summed E-state index contributed by atoms with van der Waals surface area (Å²) in [5, 5.41) is 9.20. The lowest BCUT2D eigenvalue weighted by Gasteiger charge is -2.37. The van der Waals surface area contributed by atoms with Crippen LogP contribution in [0, 0.1) is 11.7 Å². The Morgan fingerprint density at radius 3 is 2.25 bits per heavy atom. The fourth-order valence-corrected chi connectivity index (χ4v) is 3.86. The van der Waals surface area contributed by atoms with E-state index in [4.69, 9.17) is 0 Å². The lowest BCUT2D eigenvalue weighted by Crippen LogP contribution is -2.39. The van der Waals surface area contributed by atoms with Crippen molar-refractivity contribution in [2.45, 2.75) is 18.9 Å². The summed E-state index contributed by atoms with van der Waals surface area (Å²) < 4.78 is 15.4. The number of carboxylic acid groups (broad SMARTS) is 1. The SMILES string of the molecule is O=C(O)C1CCN(C(c2ccccc2F)c2ccccc2Br)CC1. The highest BCUT2D eigenvalue weighted by atomic mass is 79.9. The fourth-order valence-electron chi connectivity index (χ4n) is 3.36. The van der Waals surface area contributed by atoms with Crippen molar-refractivity contribution in [2.24, 2.45) is 5.92 Å². The first-order valence-electron chi connectivity index (χ1n) is 8.03. The van der Waals surface area contributed by atoms with Crippen molar-refractivity contribution in [3.63, 3.8) is 0 Å². The van der Waals surface area contributed by atoms with E-state index in [1.54, 1.807) is 6.07 Å². The van der Waals surface area contributed by atoms with Gasteiger partial charge in [0.15, 0.2) is 0 Å². The molecule has 1 aliphatic rings. The number of carboxylic acids is 1. The molecule has 0 amide bonds. The van der Waals surface area contributed by atoms with Gasteiger partial charge in [0.25, 0.3) is 0 Å². The molecule has 1 atom stereocenters. The highest BCUT2D eigenvalue weighted by Gasteiger charge is 2.32.